The Morgan fingerprint density at radius 3 is 2.86 bits per heavy atom. The van der Waals surface area contributed by atoms with Crippen molar-refractivity contribution in [2.24, 2.45) is 11.7 Å². The minimum Gasteiger partial charge on any atom is -0.481 e. The van der Waals surface area contributed by atoms with Crippen molar-refractivity contribution in [2.45, 2.75) is 55.6 Å². The Morgan fingerprint density at radius 2 is 2.06 bits per heavy atom. The van der Waals surface area contributed by atoms with Crippen molar-refractivity contribution >= 4 is 34.5 Å². The summed E-state index contributed by atoms with van der Waals surface area (Å²) >= 11 is 1.51. The van der Waals surface area contributed by atoms with Crippen LogP contribution in [0.2, 0.25) is 0 Å². The van der Waals surface area contributed by atoms with E-state index in [9.17, 15) is 9.18 Å². The van der Waals surface area contributed by atoms with E-state index < -0.39 is 0 Å². The molecule has 1 amide bonds. The Kier molecular flexibility index (Phi) is 7.12. The molecule has 0 spiro atoms. The number of amides is 1. The monoisotopic (exact) mass is 496 g/mol. The van der Waals surface area contributed by atoms with Crippen LogP contribution in [0.25, 0.3) is 11.0 Å². The zero-order chi connectivity index (χ0) is 24.4. The second-order valence-electron chi connectivity index (χ2n) is 9.15. The van der Waals surface area contributed by atoms with E-state index in [-0.39, 0.29) is 17.8 Å². The number of anilines is 1. The number of nitrogens with two attached hydrogens (primary N) is 1. The SMILES string of the molecule is COc1ccc2ncc(F)c(C[C@H](N)C3CCC(NCc4ccc5c(n4)NC(=O)CS5)CC3)c2n1. The molecule has 2 aliphatic rings. The fourth-order valence-corrected chi connectivity index (χ4v) is 5.65. The largest absolute Gasteiger partial charge is 0.481 e. The highest BCUT2D eigenvalue weighted by Gasteiger charge is 2.27. The quantitative estimate of drug-likeness (QED) is 0.456. The van der Waals surface area contributed by atoms with Gasteiger partial charge in [0.05, 0.1) is 40.7 Å². The third-order valence-corrected chi connectivity index (χ3v) is 7.92. The summed E-state index contributed by atoms with van der Waals surface area (Å²) in [4.78, 5) is 25.8. The van der Waals surface area contributed by atoms with Gasteiger partial charge in [0.25, 0.3) is 0 Å². The number of nitrogens with one attached hydrogen (secondary N) is 2. The van der Waals surface area contributed by atoms with E-state index >= 15 is 0 Å². The fourth-order valence-electron chi connectivity index (χ4n) is 4.89. The van der Waals surface area contributed by atoms with E-state index in [0.717, 1.165) is 36.3 Å². The molecule has 3 aromatic rings. The van der Waals surface area contributed by atoms with Crippen LogP contribution in [0, 0.1) is 11.7 Å². The molecule has 1 atom stereocenters. The molecular weight excluding hydrogens is 467 g/mol. The summed E-state index contributed by atoms with van der Waals surface area (Å²) in [7, 11) is 1.54. The minimum absolute atomic E-state index is 0.00988. The number of carbonyl (C=O) groups is 1. The molecule has 8 nitrogen and oxygen atoms in total. The summed E-state index contributed by atoms with van der Waals surface area (Å²) < 4.78 is 19.9. The molecule has 184 valence electrons. The molecule has 35 heavy (non-hydrogen) atoms. The Bertz CT molecular complexity index is 1230. The normalized spacial score (nSPS) is 20.8. The number of hydrogen-bond donors (Lipinski definition) is 3. The molecule has 4 heterocycles. The van der Waals surface area contributed by atoms with Crippen LogP contribution in [0.15, 0.2) is 35.4 Å². The number of pyridine rings is 3. The van der Waals surface area contributed by atoms with Crippen molar-refractivity contribution < 1.29 is 13.9 Å². The van der Waals surface area contributed by atoms with E-state index in [4.69, 9.17) is 10.5 Å². The summed E-state index contributed by atoms with van der Waals surface area (Å²) in [6.45, 7) is 0.650. The van der Waals surface area contributed by atoms with Gasteiger partial charge in [-0.25, -0.2) is 14.4 Å². The van der Waals surface area contributed by atoms with Crippen LogP contribution in [0.4, 0.5) is 10.2 Å². The molecule has 1 fully saturated rings. The lowest BCUT2D eigenvalue weighted by atomic mass is 9.80. The average Bonchev–Trinajstić information content (AvgIpc) is 2.88. The molecule has 1 saturated carbocycles. The first kappa shape index (κ1) is 23.9. The van der Waals surface area contributed by atoms with Crippen molar-refractivity contribution in [3.63, 3.8) is 0 Å². The van der Waals surface area contributed by atoms with Crippen molar-refractivity contribution in [2.75, 3.05) is 18.2 Å². The van der Waals surface area contributed by atoms with E-state index in [1.807, 2.05) is 12.1 Å². The summed E-state index contributed by atoms with van der Waals surface area (Å²) in [5.41, 5.74) is 9.15. The third kappa shape index (κ3) is 5.39. The second-order valence-corrected chi connectivity index (χ2v) is 10.2. The Hall–Kier alpha value is -2.82. The van der Waals surface area contributed by atoms with Crippen molar-refractivity contribution in [3.8, 4) is 5.88 Å². The summed E-state index contributed by atoms with van der Waals surface area (Å²) in [5.74, 6) is 1.45. The van der Waals surface area contributed by atoms with Gasteiger partial charge in [0.2, 0.25) is 11.8 Å². The molecule has 3 aromatic heterocycles. The standard InChI is InChI=1S/C25H29FN6O2S/c1-34-23-9-7-20-24(32-23)17(18(26)12-29-20)10-19(27)14-2-4-15(5-3-14)28-11-16-6-8-21-25(30-16)31-22(33)13-35-21/h6-9,12,14-15,19,28H,2-5,10-11,13,27H2,1H3,(H,30,31,33)/t14?,15?,19-/m0/s1. The highest BCUT2D eigenvalue weighted by molar-refractivity contribution is 8.00. The molecule has 0 bridgehead atoms. The first-order valence-electron chi connectivity index (χ1n) is 11.9. The fraction of sp³-hybridized carbons (Fsp3) is 0.440. The number of thioether (sulfide) groups is 1. The van der Waals surface area contributed by atoms with Crippen LogP contribution < -0.4 is 21.1 Å². The van der Waals surface area contributed by atoms with E-state index in [1.165, 1.54) is 25.1 Å². The third-order valence-electron chi connectivity index (χ3n) is 6.87. The minimum atomic E-state index is -0.379. The van der Waals surface area contributed by atoms with Gasteiger partial charge >= 0.3 is 0 Å². The average molecular weight is 497 g/mol. The maximum atomic E-state index is 14.7. The lowest BCUT2D eigenvalue weighted by molar-refractivity contribution is -0.113. The number of nitrogens with zero attached hydrogens (tertiary/aromatic N) is 3. The zero-order valence-corrected chi connectivity index (χ0v) is 20.4. The lowest BCUT2D eigenvalue weighted by Gasteiger charge is -2.33. The molecule has 1 aliphatic heterocycles. The number of aromatic nitrogens is 3. The molecule has 0 unspecified atom stereocenters. The predicted molar refractivity (Wildman–Crippen MR) is 134 cm³/mol. The lowest BCUT2D eigenvalue weighted by Crippen LogP contribution is -2.40. The van der Waals surface area contributed by atoms with Gasteiger partial charge in [0.1, 0.15) is 11.6 Å². The van der Waals surface area contributed by atoms with Gasteiger partial charge in [-0.1, -0.05) is 0 Å². The van der Waals surface area contributed by atoms with E-state index in [0.29, 0.717) is 59.0 Å². The van der Waals surface area contributed by atoms with Gasteiger partial charge in [-0.15, -0.1) is 11.8 Å². The Morgan fingerprint density at radius 1 is 1.23 bits per heavy atom. The zero-order valence-electron chi connectivity index (χ0n) is 19.6. The van der Waals surface area contributed by atoms with E-state index in [2.05, 4.69) is 25.6 Å². The van der Waals surface area contributed by atoms with Crippen molar-refractivity contribution in [1.82, 2.24) is 20.3 Å². The van der Waals surface area contributed by atoms with Crippen LogP contribution in [-0.2, 0) is 17.8 Å². The number of fused-ring (bicyclic) bond motifs is 2. The van der Waals surface area contributed by atoms with Gasteiger partial charge in [-0.2, -0.15) is 0 Å². The smallest absolute Gasteiger partial charge is 0.235 e. The van der Waals surface area contributed by atoms with Crippen LogP contribution in [0.5, 0.6) is 5.88 Å². The highest BCUT2D eigenvalue weighted by Crippen LogP contribution is 2.31. The van der Waals surface area contributed by atoms with Crippen LogP contribution in [0.3, 0.4) is 0 Å². The molecule has 10 heteroatoms. The molecule has 0 aromatic carbocycles. The number of methoxy groups -OCH3 is 1. The number of halogens is 1. The van der Waals surface area contributed by atoms with Gasteiger partial charge in [-0.05, 0) is 56.2 Å². The first-order valence-corrected chi connectivity index (χ1v) is 12.9. The van der Waals surface area contributed by atoms with Gasteiger partial charge in [0, 0.05) is 30.3 Å². The highest BCUT2D eigenvalue weighted by atomic mass is 32.2. The topological polar surface area (TPSA) is 115 Å². The first-order chi connectivity index (χ1) is 17.0. The molecule has 4 N–H and O–H groups in total. The van der Waals surface area contributed by atoms with Gasteiger partial charge in [0.15, 0.2) is 0 Å². The van der Waals surface area contributed by atoms with Crippen molar-refractivity contribution in [1.29, 1.82) is 0 Å². The molecule has 0 radical (unpaired) electrons. The van der Waals surface area contributed by atoms with Crippen LogP contribution in [0.1, 0.15) is 36.9 Å². The molecule has 0 saturated heterocycles. The summed E-state index contributed by atoms with van der Waals surface area (Å²) in [6.07, 6.45) is 5.62. The maximum absolute atomic E-state index is 14.7. The number of carbonyl (C=O) groups excluding carboxylic acids is 1. The van der Waals surface area contributed by atoms with Crippen molar-refractivity contribution in [3.05, 3.63) is 47.5 Å². The second kappa shape index (κ2) is 10.4. The van der Waals surface area contributed by atoms with Crippen LogP contribution >= 0.6 is 11.8 Å². The predicted octanol–water partition coefficient (Wildman–Crippen LogP) is 3.44. The summed E-state index contributed by atoms with van der Waals surface area (Å²) in [5, 5.41) is 6.44. The van der Waals surface area contributed by atoms with E-state index in [1.54, 1.807) is 12.1 Å². The Balaban J connectivity index is 1.16. The van der Waals surface area contributed by atoms with Gasteiger partial charge < -0.3 is 21.1 Å². The van der Waals surface area contributed by atoms with Gasteiger partial charge in [-0.3, -0.25) is 9.78 Å². The molecular formula is C25H29FN6O2S. The number of ether oxygens (including phenoxy) is 1. The number of rotatable bonds is 7. The molecule has 1 aliphatic carbocycles. The maximum Gasteiger partial charge on any atom is 0.235 e. The number of hydrogen-bond acceptors (Lipinski definition) is 8. The molecule has 5 rings (SSSR count). The Labute approximate surface area is 207 Å². The summed E-state index contributed by atoms with van der Waals surface area (Å²) in [6, 6.07) is 7.76. The van der Waals surface area contributed by atoms with Crippen LogP contribution in [-0.4, -0.2) is 45.8 Å².